The number of fused-ring (bicyclic) bond motifs is 1. The number of carbonyl (C=O) groups is 4. The number of H-pyrrole nitrogens is 1. The minimum Gasteiger partial charge on any atom is -0.465 e. The van der Waals surface area contributed by atoms with E-state index in [-0.39, 0.29) is 11.8 Å². The first-order valence-corrected chi connectivity index (χ1v) is 16.1. The predicted molar refractivity (Wildman–Crippen MR) is 189 cm³/mol. The van der Waals surface area contributed by atoms with E-state index in [4.69, 9.17) is 0 Å². The molecule has 0 spiro atoms. The molecule has 250 valence electrons. The van der Waals surface area contributed by atoms with Crippen molar-refractivity contribution in [3.05, 3.63) is 120 Å². The summed E-state index contributed by atoms with van der Waals surface area (Å²) in [5.41, 5.74) is 5.17. The Kier molecular flexibility index (Phi) is 9.72. The number of likely N-dealkylation sites (N-methyl/N-ethyl adjacent to an activating group) is 1. The van der Waals surface area contributed by atoms with Crippen LogP contribution in [0.4, 0.5) is 16.2 Å². The lowest BCUT2D eigenvalue weighted by Gasteiger charge is -2.31. The third kappa shape index (κ3) is 7.47. The van der Waals surface area contributed by atoms with Gasteiger partial charge in [-0.05, 0) is 80.0 Å². The van der Waals surface area contributed by atoms with Gasteiger partial charge in [0.05, 0.1) is 0 Å². The highest BCUT2D eigenvalue weighted by molar-refractivity contribution is 6.00. The maximum absolute atomic E-state index is 13.7. The summed E-state index contributed by atoms with van der Waals surface area (Å²) >= 11 is 0. The highest BCUT2D eigenvalue weighted by Crippen LogP contribution is 2.30. The Morgan fingerprint density at radius 3 is 2.12 bits per heavy atom. The van der Waals surface area contributed by atoms with Gasteiger partial charge in [-0.25, -0.2) is 4.79 Å². The Balaban J connectivity index is 1.12. The summed E-state index contributed by atoms with van der Waals surface area (Å²) in [4.78, 5) is 58.6. The fourth-order valence-electron chi connectivity index (χ4n) is 6.37. The highest BCUT2D eigenvalue weighted by Gasteiger charge is 2.38. The van der Waals surface area contributed by atoms with E-state index in [1.165, 1.54) is 0 Å². The van der Waals surface area contributed by atoms with Gasteiger partial charge in [-0.1, -0.05) is 72.8 Å². The topological polar surface area (TPSA) is 147 Å². The number of carbonyl (C=O) groups excluding carboxylic acids is 3. The number of nitrogens with zero attached hydrogens (tertiary/aromatic N) is 2. The van der Waals surface area contributed by atoms with Gasteiger partial charge in [0.2, 0.25) is 11.8 Å². The summed E-state index contributed by atoms with van der Waals surface area (Å²) in [6, 6.07) is 31.0. The zero-order valence-corrected chi connectivity index (χ0v) is 27.2. The summed E-state index contributed by atoms with van der Waals surface area (Å²) < 4.78 is 0. The normalized spacial score (nSPS) is 15.5. The van der Waals surface area contributed by atoms with E-state index in [1.807, 2.05) is 85.7 Å². The molecule has 0 radical (unpaired) electrons. The maximum atomic E-state index is 13.7. The summed E-state index contributed by atoms with van der Waals surface area (Å²) in [5, 5.41) is 18.3. The Hall–Kier alpha value is -5.94. The molecule has 4 amide bonds. The highest BCUT2D eigenvalue weighted by atomic mass is 16.4. The number of likely N-dealkylation sites (tertiary alicyclic amines) is 1. The first-order chi connectivity index (χ1) is 23.7. The molecule has 5 aromatic rings. The third-order valence-electron chi connectivity index (χ3n) is 8.72. The van der Waals surface area contributed by atoms with Crippen LogP contribution >= 0.6 is 0 Å². The molecule has 6 rings (SSSR count). The fourth-order valence-corrected chi connectivity index (χ4v) is 6.37. The summed E-state index contributed by atoms with van der Waals surface area (Å²) in [6.45, 7) is 0.531. The molecular formula is C38H38N6O5. The van der Waals surface area contributed by atoms with Crippen molar-refractivity contribution in [3.63, 3.8) is 0 Å². The molecule has 1 aliphatic heterocycles. The molecule has 3 atom stereocenters. The second-order valence-electron chi connectivity index (χ2n) is 12.3. The van der Waals surface area contributed by atoms with Crippen LogP contribution < -0.4 is 16.0 Å². The second-order valence-corrected chi connectivity index (χ2v) is 12.3. The summed E-state index contributed by atoms with van der Waals surface area (Å²) in [7, 11) is 3.74. The number of rotatable bonds is 10. The molecule has 1 fully saturated rings. The van der Waals surface area contributed by atoms with Gasteiger partial charge in [0.1, 0.15) is 18.1 Å². The number of hydrogen-bond donors (Lipinski definition) is 5. The van der Waals surface area contributed by atoms with E-state index >= 15 is 0 Å². The lowest BCUT2D eigenvalue weighted by atomic mass is 10.0. The monoisotopic (exact) mass is 658 g/mol. The van der Waals surface area contributed by atoms with Crippen LogP contribution in [-0.4, -0.2) is 70.4 Å². The van der Waals surface area contributed by atoms with Crippen molar-refractivity contribution < 1.29 is 24.3 Å². The van der Waals surface area contributed by atoms with Gasteiger partial charge in [0.25, 0.3) is 5.91 Å². The van der Waals surface area contributed by atoms with Crippen molar-refractivity contribution in [1.82, 2.24) is 20.1 Å². The smallest absolute Gasteiger partial charge is 0.405 e. The van der Waals surface area contributed by atoms with Crippen LogP contribution in [0, 0.1) is 0 Å². The van der Waals surface area contributed by atoms with Crippen molar-refractivity contribution >= 4 is 46.1 Å². The molecule has 1 aliphatic rings. The van der Waals surface area contributed by atoms with Crippen molar-refractivity contribution in [2.45, 2.75) is 31.0 Å². The summed E-state index contributed by atoms with van der Waals surface area (Å²) in [6.07, 6.45) is 0.0602. The van der Waals surface area contributed by atoms with Gasteiger partial charge in [-0.2, -0.15) is 0 Å². The van der Waals surface area contributed by atoms with Crippen molar-refractivity contribution in [1.29, 1.82) is 0 Å². The van der Waals surface area contributed by atoms with Gasteiger partial charge in [0.15, 0.2) is 0 Å². The van der Waals surface area contributed by atoms with E-state index < -0.39 is 30.1 Å². The average molecular weight is 659 g/mol. The quantitative estimate of drug-likeness (QED) is 0.124. The van der Waals surface area contributed by atoms with Crippen LogP contribution in [0.5, 0.6) is 0 Å². The molecule has 0 unspecified atom stereocenters. The minimum absolute atomic E-state index is 0.0851. The molecule has 11 heteroatoms. The number of nitrogens with one attached hydrogen (secondary N) is 4. The van der Waals surface area contributed by atoms with E-state index in [1.54, 1.807) is 47.4 Å². The van der Waals surface area contributed by atoms with Crippen LogP contribution in [0.2, 0.25) is 0 Å². The van der Waals surface area contributed by atoms with Crippen LogP contribution in [-0.2, 0) is 14.4 Å². The molecule has 4 aromatic carbocycles. The molecule has 2 heterocycles. The van der Waals surface area contributed by atoms with Crippen LogP contribution in [0.15, 0.2) is 109 Å². The number of aromatic nitrogens is 1. The molecule has 0 bridgehead atoms. The Morgan fingerprint density at radius 2 is 1.47 bits per heavy atom. The molecule has 49 heavy (non-hydrogen) atoms. The zero-order valence-electron chi connectivity index (χ0n) is 27.2. The van der Waals surface area contributed by atoms with E-state index in [0.717, 1.165) is 34.1 Å². The van der Waals surface area contributed by atoms with Crippen LogP contribution in [0.1, 0.15) is 36.1 Å². The maximum Gasteiger partial charge on any atom is 0.405 e. The largest absolute Gasteiger partial charge is 0.465 e. The van der Waals surface area contributed by atoms with Crippen LogP contribution in [0.3, 0.4) is 0 Å². The Morgan fingerprint density at radius 1 is 0.816 bits per heavy atom. The minimum atomic E-state index is -1.30. The standard InChI is InChI=1S/C38H38N6O5/c1-43(2)34(26-12-7-4-8-13-26)37(47)44-21-9-14-32(44)35(45)40-29-19-20-30-27(22-29)23-31(41-30)24-15-17-28(18-16-24)39-36(46)33(42-38(48)49)25-10-5-3-6-11-25/h3-8,10-13,15-20,22-23,32-34,41-42H,9,14,21H2,1-2H3,(H,39,46)(H,40,45)(H,48,49)/t32-,33-,34+/m0/s1. The lowest BCUT2D eigenvalue weighted by molar-refractivity contribution is -0.140. The molecule has 1 aromatic heterocycles. The van der Waals surface area contributed by atoms with Crippen molar-refractivity contribution in [2.75, 3.05) is 31.3 Å². The lowest BCUT2D eigenvalue weighted by Crippen LogP contribution is -2.47. The van der Waals surface area contributed by atoms with Gasteiger partial charge >= 0.3 is 6.09 Å². The summed E-state index contributed by atoms with van der Waals surface area (Å²) in [5.74, 6) is -0.796. The van der Waals surface area contributed by atoms with E-state index in [2.05, 4.69) is 20.9 Å². The number of amides is 4. The molecule has 5 N–H and O–H groups in total. The van der Waals surface area contributed by atoms with Crippen LogP contribution in [0.25, 0.3) is 22.2 Å². The van der Waals surface area contributed by atoms with Crippen molar-refractivity contribution in [3.8, 4) is 11.3 Å². The van der Waals surface area contributed by atoms with Crippen molar-refractivity contribution in [2.24, 2.45) is 0 Å². The number of aromatic amines is 1. The third-order valence-corrected chi connectivity index (χ3v) is 8.72. The number of carboxylic acid groups (broad SMARTS) is 1. The number of anilines is 2. The Bertz CT molecular complexity index is 1960. The number of benzene rings is 4. The molecule has 0 saturated carbocycles. The Labute approximate surface area is 283 Å². The number of hydrogen-bond acceptors (Lipinski definition) is 5. The predicted octanol–water partition coefficient (Wildman–Crippen LogP) is 6.01. The first-order valence-electron chi connectivity index (χ1n) is 16.1. The van der Waals surface area contributed by atoms with Gasteiger partial charge in [0, 0.05) is 34.5 Å². The van der Waals surface area contributed by atoms with Gasteiger partial charge in [-0.3, -0.25) is 19.3 Å². The zero-order chi connectivity index (χ0) is 34.5. The van der Waals surface area contributed by atoms with Gasteiger partial charge in [-0.15, -0.1) is 0 Å². The molecule has 1 saturated heterocycles. The van der Waals surface area contributed by atoms with Gasteiger partial charge < -0.3 is 30.9 Å². The molecule has 0 aliphatic carbocycles. The first kappa shape index (κ1) is 33.0. The van der Waals surface area contributed by atoms with E-state index in [0.29, 0.717) is 29.9 Å². The second kappa shape index (κ2) is 14.4. The SMILES string of the molecule is CN(C)[C@@H](C(=O)N1CCC[C@H]1C(=O)Nc1ccc2[nH]c(-c3ccc(NC(=O)[C@@H](NC(=O)O)c4ccccc4)cc3)cc2c1)c1ccccc1. The average Bonchev–Trinajstić information content (AvgIpc) is 3.76. The molecular weight excluding hydrogens is 620 g/mol. The fraction of sp³-hybridized carbons (Fsp3) is 0.211. The van der Waals surface area contributed by atoms with E-state index in [9.17, 15) is 24.3 Å². The molecule has 11 nitrogen and oxygen atoms in total.